The van der Waals surface area contributed by atoms with E-state index in [9.17, 15) is 9.59 Å². The molecule has 0 radical (unpaired) electrons. The quantitative estimate of drug-likeness (QED) is 0.628. The lowest BCUT2D eigenvalue weighted by molar-refractivity contribution is 0.0696. The van der Waals surface area contributed by atoms with E-state index in [0.29, 0.717) is 4.90 Å². The van der Waals surface area contributed by atoms with Crippen LogP contribution < -0.4 is 4.72 Å². The molecule has 0 aliphatic rings. The van der Waals surface area contributed by atoms with Gasteiger partial charge in [0.15, 0.2) is 0 Å². The number of pyridine rings is 1. The predicted octanol–water partition coefficient (Wildman–Crippen LogP) is 4.17. The van der Waals surface area contributed by atoms with Crippen LogP contribution in [0, 0.1) is 0 Å². The number of halogens is 1. The van der Waals surface area contributed by atoms with Crippen molar-refractivity contribution in [1.29, 1.82) is 0 Å². The smallest absolute Gasteiger partial charge is 0.335 e. The molecule has 1 aromatic heterocycles. The van der Waals surface area contributed by atoms with Crippen molar-refractivity contribution in [2.24, 2.45) is 0 Å². The fourth-order valence-electron chi connectivity index (χ4n) is 1.87. The van der Waals surface area contributed by atoms with Gasteiger partial charge in [-0.2, -0.15) is 0 Å². The summed E-state index contributed by atoms with van der Waals surface area (Å²) in [5.74, 6) is -1.41. The molecule has 5 nitrogen and oxygen atoms in total. The highest BCUT2D eigenvalue weighted by atomic mass is 35.5. The van der Waals surface area contributed by atoms with Crippen LogP contribution in [0.4, 0.5) is 0 Å². The van der Waals surface area contributed by atoms with Crippen molar-refractivity contribution >= 4 is 35.4 Å². The normalized spacial score (nSPS) is 11.2. The molecule has 0 saturated heterocycles. The first-order valence-corrected chi connectivity index (χ1v) is 8.35. The fraction of sp³-hybridized carbons (Fsp3) is 0.235. The first-order chi connectivity index (χ1) is 11.2. The first kappa shape index (κ1) is 18.3. The molecule has 0 bridgehead atoms. The molecule has 0 fully saturated rings. The van der Waals surface area contributed by atoms with Crippen LogP contribution in [-0.4, -0.2) is 22.0 Å². The Morgan fingerprint density at radius 3 is 2.50 bits per heavy atom. The van der Waals surface area contributed by atoms with E-state index in [1.165, 1.54) is 12.1 Å². The summed E-state index contributed by atoms with van der Waals surface area (Å²) in [6.45, 7) is 6.03. The molecule has 0 aliphatic heterocycles. The summed E-state index contributed by atoms with van der Waals surface area (Å²) < 4.78 is 2.64. The van der Waals surface area contributed by atoms with Gasteiger partial charge in [0.1, 0.15) is 5.15 Å². The molecule has 0 atom stereocenters. The standard InChI is InChI=1S/C17H17ClN2O3S/c1-17(2,3)13-8-7-12(14(18)19-13)15(21)20-24-11-6-4-5-10(9-11)16(22)23/h4-9H,1-3H3,(H,20,21)(H,22,23). The SMILES string of the molecule is CC(C)(C)c1ccc(C(=O)NSc2cccc(C(=O)O)c2)c(Cl)n1. The number of nitrogens with zero attached hydrogens (tertiary/aromatic N) is 1. The zero-order valence-electron chi connectivity index (χ0n) is 13.5. The van der Waals surface area contributed by atoms with Crippen LogP contribution in [0.15, 0.2) is 41.3 Å². The molecule has 0 saturated carbocycles. The maximum Gasteiger partial charge on any atom is 0.335 e. The van der Waals surface area contributed by atoms with Crippen LogP contribution in [-0.2, 0) is 5.41 Å². The Bertz CT molecular complexity index is 788. The number of carboxylic acid groups (broad SMARTS) is 1. The van der Waals surface area contributed by atoms with Crippen molar-refractivity contribution in [3.05, 3.63) is 58.4 Å². The number of aromatic nitrogens is 1. The number of benzene rings is 1. The Balaban J connectivity index is 2.10. The molecule has 2 aromatic rings. The average Bonchev–Trinajstić information content (AvgIpc) is 2.52. The van der Waals surface area contributed by atoms with E-state index >= 15 is 0 Å². The van der Waals surface area contributed by atoms with E-state index in [1.807, 2.05) is 20.8 Å². The zero-order chi connectivity index (χ0) is 17.9. The van der Waals surface area contributed by atoms with E-state index in [1.54, 1.807) is 24.3 Å². The molecule has 0 unspecified atom stereocenters. The van der Waals surface area contributed by atoms with Crippen LogP contribution in [0.3, 0.4) is 0 Å². The van der Waals surface area contributed by atoms with Gasteiger partial charge in [-0.3, -0.25) is 9.52 Å². The third kappa shape index (κ3) is 4.49. The number of aromatic carboxylic acids is 1. The van der Waals surface area contributed by atoms with Crippen molar-refractivity contribution in [1.82, 2.24) is 9.71 Å². The summed E-state index contributed by atoms with van der Waals surface area (Å²) in [5.41, 5.74) is 1.06. The number of hydrogen-bond donors (Lipinski definition) is 2. The molecule has 126 valence electrons. The fourth-order valence-corrected chi connectivity index (χ4v) is 2.77. The van der Waals surface area contributed by atoms with E-state index in [4.69, 9.17) is 16.7 Å². The predicted molar refractivity (Wildman–Crippen MR) is 94.7 cm³/mol. The minimum Gasteiger partial charge on any atom is -0.478 e. The second kappa shape index (κ2) is 7.23. The van der Waals surface area contributed by atoms with Gasteiger partial charge in [0.2, 0.25) is 0 Å². The Morgan fingerprint density at radius 2 is 1.92 bits per heavy atom. The molecule has 2 N–H and O–H groups in total. The van der Waals surface area contributed by atoms with Gasteiger partial charge in [-0.05, 0) is 42.3 Å². The Labute approximate surface area is 149 Å². The number of hydrogen-bond acceptors (Lipinski definition) is 4. The van der Waals surface area contributed by atoms with Crippen LogP contribution in [0.25, 0.3) is 0 Å². The molecular formula is C17H17ClN2O3S. The maximum atomic E-state index is 12.2. The van der Waals surface area contributed by atoms with E-state index in [2.05, 4.69) is 9.71 Å². The molecule has 0 aliphatic carbocycles. The molecule has 2 rings (SSSR count). The van der Waals surface area contributed by atoms with E-state index in [-0.39, 0.29) is 21.7 Å². The lowest BCUT2D eigenvalue weighted by Gasteiger charge is -2.18. The summed E-state index contributed by atoms with van der Waals surface area (Å²) in [4.78, 5) is 28.1. The number of nitrogens with one attached hydrogen (secondary N) is 1. The van der Waals surface area contributed by atoms with Crippen molar-refractivity contribution in [2.75, 3.05) is 0 Å². The van der Waals surface area contributed by atoms with Gasteiger partial charge in [-0.25, -0.2) is 9.78 Å². The van der Waals surface area contributed by atoms with Crippen molar-refractivity contribution in [3.8, 4) is 0 Å². The largest absolute Gasteiger partial charge is 0.478 e. The Morgan fingerprint density at radius 1 is 1.21 bits per heavy atom. The van der Waals surface area contributed by atoms with Crippen LogP contribution in [0.1, 0.15) is 47.2 Å². The molecule has 0 spiro atoms. The average molecular weight is 365 g/mol. The first-order valence-electron chi connectivity index (χ1n) is 7.16. The molecule has 24 heavy (non-hydrogen) atoms. The van der Waals surface area contributed by atoms with E-state index in [0.717, 1.165) is 17.6 Å². The lowest BCUT2D eigenvalue weighted by Crippen LogP contribution is -2.19. The molecular weight excluding hydrogens is 348 g/mol. The van der Waals surface area contributed by atoms with Gasteiger partial charge < -0.3 is 5.11 Å². The number of rotatable bonds is 4. The van der Waals surface area contributed by atoms with Gasteiger partial charge in [0, 0.05) is 16.0 Å². The van der Waals surface area contributed by atoms with Gasteiger partial charge in [-0.1, -0.05) is 38.4 Å². The number of carbonyl (C=O) groups excluding carboxylic acids is 1. The molecule has 1 aromatic carbocycles. The van der Waals surface area contributed by atoms with Crippen molar-refractivity contribution in [3.63, 3.8) is 0 Å². The summed E-state index contributed by atoms with van der Waals surface area (Å²) >= 11 is 7.14. The van der Waals surface area contributed by atoms with Gasteiger partial charge in [-0.15, -0.1) is 0 Å². The Kier molecular flexibility index (Phi) is 5.51. The van der Waals surface area contributed by atoms with Crippen LogP contribution >= 0.6 is 23.5 Å². The van der Waals surface area contributed by atoms with E-state index < -0.39 is 11.9 Å². The van der Waals surface area contributed by atoms with Crippen LogP contribution in [0.5, 0.6) is 0 Å². The monoisotopic (exact) mass is 364 g/mol. The highest BCUT2D eigenvalue weighted by Gasteiger charge is 2.19. The number of carbonyl (C=O) groups is 2. The molecule has 1 heterocycles. The second-order valence-electron chi connectivity index (χ2n) is 6.15. The maximum absolute atomic E-state index is 12.2. The summed E-state index contributed by atoms with van der Waals surface area (Å²) in [6, 6.07) is 9.70. The van der Waals surface area contributed by atoms with Crippen molar-refractivity contribution in [2.45, 2.75) is 31.1 Å². The van der Waals surface area contributed by atoms with Gasteiger partial charge in [0.05, 0.1) is 11.1 Å². The third-order valence-corrected chi connectivity index (χ3v) is 4.27. The number of carboxylic acids is 1. The lowest BCUT2D eigenvalue weighted by atomic mass is 9.91. The summed E-state index contributed by atoms with van der Waals surface area (Å²) in [7, 11) is 0. The van der Waals surface area contributed by atoms with Crippen LogP contribution in [0.2, 0.25) is 5.15 Å². The zero-order valence-corrected chi connectivity index (χ0v) is 15.0. The second-order valence-corrected chi connectivity index (χ2v) is 7.39. The highest BCUT2D eigenvalue weighted by molar-refractivity contribution is 7.98. The minimum atomic E-state index is -1.02. The number of amides is 1. The highest BCUT2D eigenvalue weighted by Crippen LogP contribution is 2.24. The summed E-state index contributed by atoms with van der Waals surface area (Å²) in [6.07, 6.45) is 0. The van der Waals surface area contributed by atoms with Crippen molar-refractivity contribution < 1.29 is 14.7 Å². The van der Waals surface area contributed by atoms with Gasteiger partial charge in [0.25, 0.3) is 5.91 Å². The third-order valence-electron chi connectivity index (χ3n) is 3.20. The minimum absolute atomic E-state index is 0.139. The topological polar surface area (TPSA) is 79.3 Å². The van der Waals surface area contributed by atoms with Gasteiger partial charge >= 0.3 is 5.97 Å². The summed E-state index contributed by atoms with van der Waals surface area (Å²) in [5, 5.41) is 9.11. The molecule has 7 heteroatoms. The Hall–Kier alpha value is -2.05. The molecule has 1 amide bonds.